The SMILES string of the molecule is CC(=O)C(=O)Oc1ccccc1O. The number of carbonyl (C=O) groups excluding carboxylic acids is 2. The monoisotopic (exact) mass is 180 g/mol. The first-order chi connectivity index (χ1) is 6.11. The first kappa shape index (κ1) is 9.25. The van der Waals surface area contributed by atoms with Crippen molar-refractivity contribution in [3.05, 3.63) is 24.3 Å². The Morgan fingerprint density at radius 1 is 1.31 bits per heavy atom. The van der Waals surface area contributed by atoms with Gasteiger partial charge in [0.15, 0.2) is 11.5 Å². The molecule has 4 nitrogen and oxygen atoms in total. The van der Waals surface area contributed by atoms with Gasteiger partial charge in [0.2, 0.25) is 5.78 Å². The number of benzene rings is 1. The van der Waals surface area contributed by atoms with Crippen LogP contribution in [-0.2, 0) is 9.59 Å². The van der Waals surface area contributed by atoms with Crippen LogP contribution in [0, 0.1) is 0 Å². The molecule has 1 N–H and O–H groups in total. The summed E-state index contributed by atoms with van der Waals surface area (Å²) >= 11 is 0. The van der Waals surface area contributed by atoms with E-state index >= 15 is 0 Å². The van der Waals surface area contributed by atoms with Crippen LogP contribution in [-0.4, -0.2) is 16.9 Å². The number of hydrogen-bond acceptors (Lipinski definition) is 4. The number of ketones is 1. The number of esters is 1. The molecule has 0 saturated heterocycles. The van der Waals surface area contributed by atoms with Gasteiger partial charge in [-0.1, -0.05) is 12.1 Å². The molecule has 4 heteroatoms. The number of carbonyl (C=O) groups is 2. The molecule has 68 valence electrons. The van der Waals surface area contributed by atoms with E-state index in [1.54, 1.807) is 12.1 Å². The van der Waals surface area contributed by atoms with Crippen molar-refractivity contribution in [1.82, 2.24) is 0 Å². The fourth-order valence-electron chi connectivity index (χ4n) is 0.715. The fourth-order valence-corrected chi connectivity index (χ4v) is 0.715. The van der Waals surface area contributed by atoms with Gasteiger partial charge in [0.1, 0.15) is 0 Å². The zero-order valence-corrected chi connectivity index (χ0v) is 6.98. The number of para-hydroxylation sites is 2. The molecule has 1 aromatic carbocycles. The van der Waals surface area contributed by atoms with Gasteiger partial charge in [-0.15, -0.1) is 0 Å². The third-order valence-corrected chi connectivity index (χ3v) is 1.36. The number of hydrogen-bond donors (Lipinski definition) is 1. The summed E-state index contributed by atoms with van der Waals surface area (Å²) in [5.74, 6) is -1.87. The number of ether oxygens (including phenoxy) is 1. The maximum Gasteiger partial charge on any atom is 0.379 e. The fraction of sp³-hybridized carbons (Fsp3) is 0.111. The lowest BCUT2D eigenvalue weighted by atomic mass is 10.3. The lowest BCUT2D eigenvalue weighted by Gasteiger charge is -2.02. The number of phenols is 1. The van der Waals surface area contributed by atoms with E-state index < -0.39 is 11.8 Å². The van der Waals surface area contributed by atoms with Gasteiger partial charge >= 0.3 is 5.97 Å². The topological polar surface area (TPSA) is 63.6 Å². The zero-order chi connectivity index (χ0) is 9.84. The van der Waals surface area contributed by atoms with E-state index in [1.165, 1.54) is 12.1 Å². The summed E-state index contributed by atoms with van der Waals surface area (Å²) < 4.78 is 4.57. The average Bonchev–Trinajstić information content (AvgIpc) is 2.08. The maximum absolute atomic E-state index is 10.8. The van der Waals surface area contributed by atoms with Crippen molar-refractivity contribution in [2.75, 3.05) is 0 Å². The third-order valence-electron chi connectivity index (χ3n) is 1.36. The normalized spacial score (nSPS) is 9.31. The minimum atomic E-state index is -0.985. The Bertz CT molecular complexity index is 343. The number of aromatic hydroxyl groups is 1. The molecule has 13 heavy (non-hydrogen) atoms. The molecule has 0 atom stereocenters. The summed E-state index contributed by atoms with van der Waals surface area (Å²) in [6, 6.07) is 5.93. The van der Waals surface area contributed by atoms with Gasteiger partial charge in [-0.2, -0.15) is 0 Å². The van der Waals surface area contributed by atoms with Crippen LogP contribution >= 0.6 is 0 Å². The second-order valence-corrected chi connectivity index (χ2v) is 2.41. The molecule has 0 aliphatic carbocycles. The largest absolute Gasteiger partial charge is 0.504 e. The third kappa shape index (κ3) is 2.30. The summed E-state index contributed by atoms with van der Waals surface area (Å²) in [4.78, 5) is 21.3. The summed E-state index contributed by atoms with van der Waals surface area (Å²) in [6.07, 6.45) is 0. The molecule has 0 spiro atoms. The van der Waals surface area contributed by atoms with Gasteiger partial charge in [-0.05, 0) is 12.1 Å². The van der Waals surface area contributed by atoms with Crippen LogP contribution in [0.1, 0.15) is 6.92 Å². The number of Topliss-reactive ketones (excluding diaryl/α,β-unsaturated/α-hetero) is 1. The van der Waals surface area contributed by atoms with Crippen LogP contribution in [0.25, 0.3) is 0 Å². The van der Waals surface area contributed by atoms with E-state index in [2.05, 4.69) is 4.74 Å². The smallest absolute Gasteiger partial charge is 0.379 e. The summed E-state index contributed by atoms with van der Waals surface area (Å²) in [5, 5.41) is 9.15. The quantitative estimate of drug-likeness (QED) is 0.417. The van der Waals surface area contributed by atoms with E-state index in [4.69, 9.17) is 5.11 Å². The predicted octanol–water partition coefficient (Wildman–Crippen LogP) is 0.887. The summed E-state index contributed by atoms with van der Waals surface area (Å²) in [7, 11) is 0. The molecule has 0 unspecified atom stereocenters. The minimum Gasteiger partial charge on any atom is -0.504 e. The average molecular weight is 180 g/mol. The van der Waals surface area contributed by atoms with Crippen molar-refractivity contribution in [3.8, 4) is 11.5 Å². The van der Waals surface area contributed by atoms with Crippen LogP contribution in [0.5, 0.6) is 11.5 Å². The number of phenolic OH excluding ortho intramolecular Hbond substituents is 1. The Hall–Kier alpha value is -1.84. The predicted molar refractivity (Wildman–Crippen MR) is 44.4 cm³/mol. The van der Waals surface area contributed by atoms with E-state index in [0.29, 0.717) is 0 Å². The Balaban J connectivity index is 2.81. The van der Waals surface area contributed by atoms with Crippen LogP contribution in [0.2, 0.25) is 0 Å². The first-order valence-electron chi connectivity index (χ1n) is 3.62. The molecule has 0 aromatic heterocycles. The van der Waals surface area contributed by atoms with Gasteiger partial charge < -0.3 is 9.84 Å². The van der Waals surface area contributed by atoms with Crippen LogP contribution in [0.15, 0.2) is 24.3 Å². The number of rotatable bonds is 2. The van der Waals surface area contributed by atoms with E-state index in [0.717, 1.165) is 6.92 Å². The molecular weight excluding hydrogens is 172 g/mol. The molecule has 0 saturated carbocycles. The molecule has 0 radical (unpaired) electrons. The molecule has 1 rings (SSSR count). The maximum atomic E-state index is 10.8. The minimum absolute atomic E-state index is 0.0114. The van der Waals surface area contributed by atoms with E-state index in [-0.39, 0.29) is 11.5 Å². The summed E-state index contributed by atoms with van der Waals surface area (Å²) in [6.45, 7) is 1.10. The Labute approximate surface area is 74.8 Å². The second-order valence-electron chi connectivity index (χ2n) is 2.41. The van der Waals surface area contributed by atoms with Crippen molar-refractivity contribution in [2.45, 2.75) is 6.92 Å². The van der Waals surface area contributed by atoms with E-state index in [1.807, 2.05) is 0 Å². The highest BCUT2D eigenvalue weighted by molar-refractivity contribution is 6.33. The Kier molecular flexibility index (Phi) is 2.64. The zero-order valence-electron chi connectivity index (χ0n) is 6.98. The van der Waals surface area contributed by atoms with Gasteiger partial charge in [0.05, 0.1) is 0 Å². The Morgan fingerprint density at radius 2 is 1.92 bits per heavy atom. The highest BCUT2D eigenvalue weighted by atomic mass is 16.5. The molecule has 0 amide bonds. The lowest BCUT2D eigenvalue weighted by Crippen LogP contribution is -2.16. The van der Waals surface area contributed by atoms with Gasteiger partial charge in [0, 0.05) is 6.92 Å². The molecule has 1 aromatic rings. The van der Waals surface area contributed by atoms with Crippen molar-refractivity contribution >= 4 is 11.8 Å². The first-order valence-corrected chi connectivity index (χ1v) is 3.62. The molecule has 0 aliphatic heterocycles. The van der Waals surface area contributed by atoms with Gasteiger partial charge in [-0.3, -0.25) is 4.79 Å². The van der Waals surface area contributed by atoms with Crippen molar-refractivity contribution in [2.24, 2.45) is 0 Å². The van der Waals surface area contributed by atoms with Gasteiger partial charge in [-0.25, -0.2) is 4.79 Å². The highest BCUT2D eigenvalue weighted by Crippen LogP contribution is 2.24. The molecular formula is C9H8O4. The van der Waals surface area contributed by atoms with Crippen LogP contribution < -0.4 is 4.74 Å². The molecule has 0 fully saturated rings. The lowest BCUT2D eigenvalue weighted by molar-refractivity contribution is -0.146. The highest BCUT2D eigenvalue weighted by Gasteiger charge is 2.12. The van der Waals surface area contributed by atoms with Crippen molar-refractivity contribution < 1.29 is 19.4 Å². The second kappa shape index (κ2) is 3.71. The van der Waals surface area contributed by atoms with Gasteiger partial charge in [0.25, 0.3) is 0 Å². The van der Waals surface area contributed by atoms with Crippen LogP contribution in [0.4, 0.5) is 0 Å². The molecule has 0 heterocycles. The molecule has 0 aliphatic rings. The standard InChI is InChI=1S/C9H8O4/c1-6(10)9(12)13-8-5-3-2-4-7(8)11/h2-5,11H,1H3. The van der Waals surface area contributed by atoms with E-state index in [9.17, 15) is 9.59 Å². The molecule has 0 bridgehead atoms. The summed E-state index contributed by atoms with van der Waals surface area (Å²) in [5.41, 5.74) is 0. The van der Waals surface area contributed by atoms with Crippen molar-refractivity contribution in [3.63, 3.8) is 0 Å². The van der Waals surface area contributed by atoms with Crippen LogP contribution in [0.3, 0.4) is 0 Å². The van der Waals surface area contributed by atoms with Crippen molar-refractivity contribution in [1.29, 1.82) is 0 Å². The Morgan fingerprint density at radius 3 is 2.46 bits per heavy atom.